The highest BCUT2D eigenvalue weighted by atomic mass is 19.4. The molecule has 0 aliphatic carbocycles. The summed E-state index contributed by atoms with van der Waals surface area (Å²) in [5, 5.41) is 2.44. The fourth-order valence-electron chi connectivity index (χ4n) is 3.91. The van der Waals surface area contributed by atoms with Crippen LogP contribution >= 0.6 is 0 Å². The maximum atomic E-state index is 13.1. The van der Waals surface area contributed by atoms with Crippen LogP contribution in [0, 0.1) is 0 Å². The third-order valence-electron chi connectivity index (χ3n) is 5.71. The van der Waals surface area contributed by atoms with Crippen molar-refractivity contribution in [2.24, 2.45) is 0 Å². The Morgan fingerprint density at radius 1 is 0.800 bits per heavy atom. The largest absolute Gasteiger partial charge is 0.416 e. The molecule has 7 nitrogen and oxygen atoms in total. The van der Waals surface area contributed by atoms with Crippen LogP contribution in [-0.4, -0.2) is 58.3 Å². The second-order valence-electron chi connectivity index (χ2n) is 8.10. The highest BCUT2D eigenvalue weighted by molar-refractivity contribution is 5.96. The highest BCUT2D eigenvalue weighted by Crippen LogP contribution is 2.30. The van der Waals surface area contributed by atoms with Gasteiger partial charge < -0.3 is 19.7 Å². The van der Waals surface area contributed by atoms with Gasteiger partial charge in [0.1, 0.15) is 12.2 Å². The van der Waals surface area contributed by atoms with Crippen molar-refractivity contribution in [2.75, 3.05) is 31.5 Å². The summed E-state index contributed by atoms with van der Waals surface area (Å²) in [6.45, 7) is 1.22. The standard InChI is InChI=1S/C25H23F3N4O3/c26-25(27,28)19-8-4-9-20(16-19)29-22(33)17-32-11-5-10-21(32)24(35)31-14-12-30(13-15-31)23(34)18-6-2-1-3-7-18/h1-11,16H,12-15,17H2,(H,29,33). The second-order valence-corrected chi connectivity index (χ2v) is 8.10. The lowest BCUT2D eigenvalue weighted by Gasteiger charge is -2.35. The van der Waals surface area contributed by atoms with Gasteiger partial charge in [-0.15, -0.1) is 0 Å². The number of benzene rings is 2. The zero-order valence-corrected chi connectivity index (χ0v) is 18.7. The van der Waals surface area contributed by atoms with Gasteiger partial charge in [0.15, 0.2) is 0 Å². The molecule has 3 amide bonds. The minimum absolute atomic E-state index is 0.0177. The molecule has 0 radical (unpaired) electrons. The summed E-state index contributed by atoms with van der Waals surface area (Å²) in [7, 11) is 0. The van der Waals surface area contributed by atoms with Crippen molar-refractivity contribution >= 4 is 23.4 Å². The average Bonchev–Trinajstić information content (AvgIpc) is 3.31. The lowest BCUT2D eigenvalue weighted by molar-refractivity contribution is -0.137. The first-order valence-electron chi connectivity index (χ1n) is 11.0. The van der Waals surface area contributed by atoms with Crippen LogP contribution in [-0.2, 0) is 17.5 Å². The van der Waals surface area contributed by atoms with E-state index in [1.807, 2.05) is 6.07 Å². The topological polar surface area (TPSA) is 74.7 Å². The molecule has 1 saturated heterocycles. The Morgan fingerprint density at radius 3 is 2.11 bits per heavy atom. The molecule has 182 valence electrons. The van der Waals surface area contributed by atoms with Crippen LogP contribution in [0.1, 0.15) is 26.4 Å². The first-order chi connectivity index (χ1) is 16.7. The van der Waals surface area contributed by atoms with E-state index in [1.54, 1.807) is 52.4 Å². The van der Waals surface area contributed by atoms with E-state index in [2.05, 4.69) is 5.32 Å². The van der Waals surface area contributed by atoms with E-state index < -0.39 is 17.6 Å². The van der Waals surface area contributed by atoms with Crippen molar-refractivity contribution in [3.8, 4) is 0 Å². The summed E-state index contributed by atoms with van der Waals surface area (Å²) < 4.78 is 40.2. The zero-order chi connectivity index (χ0) is 25.0. The Labute approximate surface area is 199 Å². The quantitative estimate of drug-likeness (QED) is 0.600. The lowest BCUT2D eigenvalue weighted by Crippen LogP contribution is -2.51. The Kier molecular flexibility index (Phi) is 6.90. The van der Waals surface area contributed by atoms with E-state index in [1.165, 1.54) is 16.7 Å². The van der Waals surface area contributed by atoms with Crippen molar-refractivity contribution in [3.05, 3.63) is 89.7 Å². The van der Waals surface area contributed by atoms with Crippen LogP contribution in [0.2, 0.25) is 0 Å². The number of piperazine rings is 1. The highest BCUT2D eigenvalue weighted by Gasteiger charge is 2.31. The molecule has 35 heavy (non-hydrogen) atoms. The van der Waals surface area contributed by atoms with E-state index in [0.717, 1.165) is 12.1 Å². The number of hydrogen-bond donors (Lipinski definition) is 1. The average molecular weight is 484 g/mol. The van der Waals surface area contributed by atoms with E-state index in [0.29, 0.717) is 31.7 Å². The number of halogens is 3. The summed E-state index contributed by atoms with van der Waals surface area (Å²) in [6, 6.07) is 16.5. The van der Waals surface area contributed by atoms with Crippen LogP contribution in [0.4, 0.5) is 18.9 Å². The van der Waals surface area contributed by atoms with Gasteiger partial charge in [-0.25, -0.2) is 0 Å². The van der Waals surface area contributed by atoms with E-state index in [-0.39, 0.29) is 29.7 Å². The Balaban J connectivity index is 1.36. The number of alkyl halides is 3. The lowest BCUT2D eigenvalue weighted by atomic mass is 10.2. The van der Waals surface area contributed by atoms with Gasteiger partial charge in [0, 0.05) is 43.6 Å². The number of nitrogens with zero attached hydrogens (tertiary/aromatic N) is 3. The first-order valence-corrected chi connectivity index (χ1v) is 11.0. The third-order valence-corrected chi connectivity index (χ3v) is 5.71. The van der Waals surface area contributed by atoms with Gasteiger partial charge in [-0.1, -0.05) is 24.3 Å². The summed E-state index contributed by atoms with van der Waals surface area (Å²) in [6.07, 6.45) is -2.95. The monoisotopic (exact) mass is 484 g/mol. The molecule has 1 aliphatic heterocycles. The maximum Gasteiger partial charge on any atom is 0.416 e. The number of nitrogens with one attached hydrogen (secondary N) is 1. The van der Waals surface area contributed by atoms with Crippen molar-refractivity contribution in [2.45, 2.75) is 12.7 Å². The third kappa shape index (κ3) is 5.71. The fraction of sp³-hybridized carbons (Fsp3) is 0.240. The number of hydrogen-bond acceptors (Lipinski definition) is 3. The molecule has 3 aromatic rings. The Morgan fingerprint density at radius 2 is 1.46 bits per heavy atom. The molecular weight excluding hydrogens is 461 g/mol. The molecule has 1 aliphatic rings. The molecule has 2 aromatic carbocycles. The van der Waals surface area contributed by atoms with Gasteiger partial charge >= 0.3 is 6.18 Å². The van der Waals surface area contributed by atoms with Gasteiger partial charge in [0.25, 0.3) is 11.8 Å². The minimum atomic E-state index is -4.52. The maximum absolute atomic E-state index is 13.1. The molecule has 0 bridgehead atoms. The molecule has 0 atom stereocenters. The summed E-state index contributed by atoms with van der Waals surface area (Å²) >= 11 is 0. The SMILES string of the molecule is O=C(Cn1cccc1C(=O)N1CCN(C(=O)c2ccccc2)CC1)Nc1cccc(C(F)(F)F)c1. The van der Waals surface area contributed by atoms with Gasteiger partial charge in [-0.2, -0.15) is 13.2 Å². The van der Waals surface area contributed by atoms with Crippen molar-refractivity contribution < 1.29 is 27.6 Å². The van der Waals surface area contributed by atoms with Gasteiger partial charge in [0.2, 0.25) is 5.91 Å². The predicted molar refractivity (Wildman–Crippen MR) is 123 cm³/mol. The van der Waals surface area contributed by atoms with E-state index in [4.69, 9.17) is 0 Å². The summed E-state index contributed by atoms with van der Waals surface area (Å²) in [5.74, 6) is -0.936. The van der Waals surface area contributed by atoms with Crippen molar-refractivity contribution in [1.29, 1.82) is 0 Å². The van der Waals surface area contributed by atoms with E-state index in [9.17, 15) is 27.6 Å². The second kappa shape index (κ2) is 10.0. The summed E-state index contributed by atoms with van der Waals surface area (Å²) in [5.41, 5.74) is 0.0287. The van der Waals surface area contributed by atoms with Gasteiger partial charge in [0.05, 0.1) is 5.56 Å². The predicted octanol–water partition coefficient (Wildman–Crippen LogP) is 3.74. The van der Waals surface area contributed by atoms with Crippen LogP contribution in [0.5, 0.6) is 0 Å². The number of carbonyl (C=O) groups excluding carboxylic acids is 3. The van der Waals surface area contributed by atoms with Crippen LogP contribution in [0.15, 0.2) is 72.9 Å². The van der Waals surface area contributed by atoms with Crippen molar-refractivity contribution in [1.82, 2.24) is 14.4 Å². The molecule has 0 saturated carbocycles. The number of amides is 3. The number of rotatable bonds is 5. The molecule has 1 N–H and O–H groups in total. The minimum Gasteiger partial charge on any atom is -0.335 e. The van der Waals surface area contributed by atoms with Gasteiger partial charge in [-0.05, 0) is 42.5 Å². The zero-order valence-electron chi connectivity index (χ0n) is 18.7. The summed E-state index contributed by atoms with van der Waals surface area (Å²) in [4.78, 5) is 41.5. The van der Waals surface area contributed by atoms with Gasteiger partial charge in [-0.3, -0.25) is 14.4 Å². The first kappa shape index (κ1) is 24.1. The number of anilines is 1. The van der Waals surface area contributed by atoms with E-state index >= 15 is 0 Å². The molecule has 10 heteroatoms. The number of aromatic nitrogens is 1. The molecule has 4 rings (SSSR count). The molecule has 1 aromatic heterocycles. The van der Waals surface area contributed by atoms with Crippen LogP contribution < -0.4 is 5.32 Å². The number of carbonyl (C=O) groups is 3. The molecule has 0 unspecified atom stereocenters. The van der Waals surface area contributed by atoms with Crippen molar-refractivity contribution in [3.63, 3.8) is 0 Å². The van der Waals surface area contributed by atoms with Crippen LogP contribution in [0.25, 0.3) is 0 Å². The Hall–Kier alpha value is -4.08. The molecule has 1 fully saturated rings. The normalized spacial score (nSPS) is 14.0. The molecule has 0 spiro atoms. The molecular formula is C25H23F3N4O3. The Bertz CT molecular complexity index is 1220. The fourth-order valence-corrected chi connectivity index (χ4v) is 3.91. The van der Waals surface area contributed by atoms with Crippen LogP contribution in [0.3, 0.4) is 0 Å². The molecule has 2 heterocycles. The smallest absolute Gasteiger partial charge is 0.335 e.